The first-order valence-corrected chi connectivity index (χ1v) is 8.15. The zero-order valence-electron chi connectivity index (χ0n) is 12.0. The highest BCUT2D eigenvalue weighted by Gasteiger charge is 2.35. The average molecular weight is 292 g/mol. The van der Waals surface area contributed by atoms with Crippen molar-refractivity contribution in [1.82, 2.24) is 9.88 Å². The number of nitrogens with zero attached hydrogens (tertiary/aromatic N) is 2. The smallest absolute Gasteiger partial charge is 0.225 e. The molecule has 1 aliphatic heterocycles. The first kappa shape index (κ1) is 13.7. The summed E-state index contributed by atoms with van der Waals surface area (Å²) < 4.78 is 0. The largest absolute Gasteiger partial charge is 0.342 e. The predicted octanol–water partition coefficient (Wildman–Crippen LogP) is 2.77. The van der Waals surface area contributed by atoms with Crippen molar-refractivity contribution in [3.05, 3.63) is 15.6 Å². The number of piperidine rings is 1. The third-order valence-electron chi connectivity index (χ3n) is 4.22. The van der Waals surface area contributed by atoms with E-state index in [0.717, 1.165) is 54.4 Å². The number of carbonyl (C=O) groups is 2. The maximum Gasteiger partial charge on any atom is 0.225 e. The summed E-state index contributed by atoms with van der Waals surface area (Å²) in [6.07, 6.45) is 4.10. The molecule has 0 unspecified atom stereocenters. The Hall–Kier alpha value is -1.23. The van der Waals surface area contributed by atoms with Crippen LogP contribution in [-0.4, -0.2) is 34.7 Å². The molecule has 2 fully saturated rings. The fraction of sp³-hybridized carbons (Fsp3) is 0.667. The Morgan fingerprint density at radius 1 is 1.20 bits per heavy atom. The Labute approximate surface area is 123 Å². The summed E-state index contributed by atoms with van der Waals surface area (Å²) in [5, 5.41) is 1.08. The molecule has 1 aromatic heterocycles. The molecule has 1 saturated heterocycles. The normalized spacial score (nSPS) is 20.2. The minimum Gasteiger partial charge on any atom is -0.342 e. The van der Waals surface area contributed by atoms with Gasteiger partial charge in [0.25, 0.3) is 0 Å². The molecule has 1 saturated carbocycles. The van der Waals surface area contributed by atoms with Crippen LogP contribution in [0.15, 0.2) is 0 Å². The molecule has 2 aliphatic rings. The van der Waals surface area contributed by atoms with E-state index in [1.807, 2.05) is 11.8 Å². The first-order valence-electron chi connectivity index (χ1n) is 7.33. The monoisotopic (exact) mass is 292 g/mol. The second-order valence-corrected chi connectivity index (χ2v) is 6.93. The van der Waals surface area contributed by atoms with Crippen LogP contribution in [0.25, 0.3) is 0 Å². The molecule has 0 atom stereocenters. The first-order chi connectivity index (χ1) is 9.56. The van der Waals surface area contributed by atoms with Gasteiger partial charge >= 0.3 is 0 Å². The number of hydrogen-bond acceptors (Lipinski definition) is 4. The number of likely N-dealkylation sites (tertiary alicyclic amines) is 1. The molecular formula is C15H20N2O2S. The summed E-state index contributed by atoms with van der Waals surface area (Å²) in [6.45, 7) is 5.19. The minimum atomic E-state index is 0.104. The highest BCUT2D eigenvalue weighted by Crippen LogP contribution is 2.36. The zero-order valence-corrected chi connectivity index (χ0v) is 12.8. The van der Waals surface area contributed by atoms with Crippen molar-refractivity contribution in [3.63, 3.8) is 0 Å². The van der Waals surface area contributed by atoms with Crippen LogP contribution in [0.5, 0.6) is 0 Å². The van der Waals surface area contributed by atoms with Gasteiger partial charge in [0, 0.05) is 31.8 Å². The number of amides is 1. The van der Waals surface area contributed by atoms with Gasteiger partial charge in [-0.15, -0.1) is 11.3 Å². The Morgan fingerprint density at radius 3 is 2.35 bits per heavy atom. The predicted molar refractivity (Wildman–Crippen MR) is 78.1 cm³/mol. The molecule has 20 heavy (non-hydrogen) atoms. The standard InChI is InChI=1S/C15H20N2O2S/c1-9-13(10(2)18)20-14(16-9)11-5-7-17(8-6-11)15(19)12-3-4-12/h11-12H,3-8H2,1-2H3. The number of hydrogen-bond donors (Lipinski definition) is 0. The van der Waals surface area contributed by atoms with Crippen LogP contribution in [0.4, 0.5) is 0 Å². The lowest BCUT2D eigenvalue weighted by molar-refractivity contribution is -0.133. The van der Waals surface area contributed by atoms with Gasteiger partial charge in [0.2, 0.25) is 5.91 Å². The molecule has 0 bridgehead atoms. The van der Waals surface area contributed by atoms with Crippen LogP contribution < -0.4 is 0 Å². The molecule has 1 aromatic rings. The lowest BCUT2D eigenvalue weighted by Gasteiger charge is -2.31. The number of aromatic nitrogens is 1. The third-order valence-corrected chi connectivity index (χ3v) is 5.64. The molecule has 108 valence electrons. The molecule has 0 radical (unpaired) electrons. The second kappa shape index (κ2) is 5.28. The van der Waals surface area contributed by atoms with Crippen LogP contribution in [0.2, 0.25) is 0 Å². The highest BCUT2D eigenvalue weighted by molar-refractivity contribution is 7.13. The van der Waals surface area contributed by atoms with Crippen molar-refractivity contribution >= 4 is 23.0 Å². The van der Waals surface area contributed by atoms with Gasteiger partial charge in [-0.05, 0) is 32.6 Å². The van der Waals surface area contributed by atoms with Crippen LogP contribution >= 0.6 is 11.3 Å². The fourth-order valence-electron chi connectivity index (χ4n) is 2.85. The van der Waals surface area contributed by atoms with Gasteiger partial charge in [-0.2, -0.15) is 0 Å². The van der Waals surface area contributed by atoms with Gasteiger partial charge in [0.1, 0.15) is 0 Å². The van der Waals surface area contributed by atoms with E-state index in [2.05, 4.69) is 4.98 Å². The van der Waals surface area contributed by atoms with Gasteiger partial charge < -0.3 is 4.90 Å². The Balaban J connectivity index is 1.64. The van der Waals surface area contributed by atoms with E-state index in [1.54, 1.807) is 6.92 Å². The molecule has 4 nitrogen and oxygen atoms in total. The summed E-state index contributed by atoms with van der Waals surface area (Å²) in [5.74, 6) is 1.18. The SMILES string of the molecule is CC(=O)c1sc(C2CCN(C(=O)C3CC3)CC2)nc1C. The summed E-state index contributed by atoms with van der Waals surface area (Å²) in [7, 11) is 0. The number of thiazole rings is 1. The van der Waals surface area contributed by atoms with Gasteiger partial charge in [0.15, 0.2) is 5.78 Å². The van der Waals surface area contributed by atoms with Crippen molar-refractivity contribution in [1.29, 1.82) is 0 Å². The molecule has 2 heterocycles. The van der Waals surface area contributed by atoms with E-state index >= 15 is 0 Å². The number of carbonyl (C=O) groups excluding carboxylic acids is 2. The van der Waals surface area contributed by atoms with Crippen molar-refractivity contribution in [2.24, 2.45) is 5.92 Å². The Kier molecular flexibility index (Phi) is 3.63. The number of aryl methyl sites for hydroxylation is 1. The van der Waals surface area contributed by atoms with Crippen molar-refractivity contribution in [2.75, 3.05) is 13.1 Å². The third kappa shape index (κ3) is 2.64. The average Bonchev–Trinajstić information content (AvgIpc) is 3.20. The van der Waals surface area contributed by atoms with E-state index in [0.29, 0.717) is 17.7 Å². The maximum absolute atomic E-state index is 12.0. The number of ketones is 1. The van der Waals surface area contributed by atoms with Crippen molar-refractivity contribution in [3.8, 4) is 0 Å². The lowest BCUT2D eigenvalue weighted by atomic mass is 9.97. The molecule has 3 rings (SSSR count). The number of Topliss-reactive ketones (excluding diaryl/α,β-unsaturated/α-hetero) is 1. The summed E-state index contributed by atoms with van der Waals surface area (Å²) in [4.78, 5) is 30.9. The van der Waals surface area contributed by atoms with E-state index in [1.165, 1.54) is 11.3 Å². The molecule has 1 amide bonds. The topological polar surface area (TPSA) is 50.3 Å². The molecule has 0 N–H and O–H groups in total. The van der Waals surface area contributed by atoms with Crippen molar-refractivity contribution in [2.45, 2.75) is 45.4 Å². The molecule has 0 aromatic carbocycles. The summed E-state index contributed by atoms with van der Waals surface area (Å²) >= 11 is 1.54. The highest BCUT2D eigenvalue weighted by atomic mass is 32.1. The van der Waals surface area contributed by atoms with Crippen LogP contribution in [0, 0.1) is 12.8 Å². The van der Waals surface area contributed by atoms with Crippen molar-refractivity contribution < 1.29 is 9.59 Å². The van der Waals surface area contributed by atoms with Gasteiger partial charge in [0.05, 0.1) is 15.6 Å². The van der Waals surface area contributed by atoms with Crippen LogP contribution in [-0.2, 0) is 4.79 Å². The molecule has 0 spiro atoms. The zero-order chi connectivity index (χ0) is 14.3. The summed E-state index contributed by atoms with van der Waals surface area (Å²) in [5.41, 5.74) is 0.856. The second-order valence-electron chi connectivity index (χ2n) is 5.90. The Bertz CT molecular complexity index is 540. The maximum atomic E-state index is 12.0. The lowest BCUT2D eigenvalue weighted by Crippen LogP contribution is -2.38. The van der Waals surface area contributed by atoms with E-state index in [4.69, 9.17) is 0 Å². The van der Waals surface area contributed by atoms with Crippen LogP contribution in [0.1, 0.15) is 58.9 Å². The van der Waals surface area contributed by atoms with Gasteiger partial charge in [-0.1, -0.05) is 0 Å². The number of rotatable bonds is 3. The summed E-state index contributed by atoms with van der Waals surface area (Å²) in [6, 6.07) is 0. The van der Waals surface area contributed by atoms with Gasteiger partial charge in [-0.3, -0.25) is 9.59 Å². The quantitative estimate of drug-likeness (QED) is 0.805. The van der Waals surface area contributed by atoms with E-state index < -0.39 is 0 Å². The van der Waals surface area contributed by atoms with E-state index in [-0.39, 0.29) is 5.78 Å². The van der Waals surface area contributed by atoms with Crippen LogP contribution in [0.3, 0.4) is 0 Å². The Morgan fingerprint density at radius 2 is 1.85 bits per heavy atom. The fourth-order valence-corrected chi connectivity index (χ4v) is 3.99. The minimum absolute atomic E-state index is 0.104. The van der Waals surface area contributed by atoms with Gasteiger partial charge in [-0.25, -0.2) is 4.98 Å². The van der Waals surface area contributed by atoms with E-state index in [9.17, 15) is 9.59 Å². The molecule has 1 aliphatic carbocycles. The molecule has 5 heteroatoms. The molecular weight excluding hydrogens is 272 g/mol.